The van der Waals surface area contributed by atoms with Crippen LogP contribution in [-0.4, -0.2) is 16.1 Å². The average molecular weight is 291 g/mol. The summed E-state index contributed by atoms with van der Waals surface area (Å²) < 4.78 is 0. The number of aromatic carboxylic acids is 1. The van der Waals surface area contributed by atoms with E-state index in [0.717, 1.165) is 18.5 Å². The summed E-state index contributed by atoms with van der Waals surface area (Å²) in [7, 11) is 0. The zero-order valence-corrected chi connectivity index (χ0v) is 11.8. The Hall–Kier alpha value is -2.07. The molecule has 0 unspecified atom stereocenters. The summed E-state index contributed by atoms with van der Waals surface area (Å²) in [5, 5.41) is 12.2. The number of aryl methyl sites for hydroxylation is 1. The first kappa shape index (κ1) is 14.3. The highest BCUT2D eigenvalue weighted by molar-refractivity contribution is 6.33. The topological polar surface area (TPSA) is 62.2 Å². The van der Waals surface area contributed by atoms with Gasteiger partial charge in [0.2, 0.25) is 0 Å². The molecule has 0 radical (unpaired) electrons. The third kappa shape index (κ3) is 3.48. The average Bonchev–Trinajstić information content (AvgIpc) is 2.43. The fraction of sp³-hybridized carbons (Fsp3) is 0.200. The van der Waals surface area contributed by atoms with Gasteiger partial charge >= 0.3 is 5.97 Å². The summed E-state index contributed by atoms with van der Waals surface area (Å²) in [6.07, 6.45) is 3.48. The van der Waals surface area contributed by atoms with Gasteiger partial charge in [-0.2, -0.15) is 0 Å². The van der Waals surface area contributed by atoms with Crippen LogP contribution in [0.3, 0.4) is 0 Å². The van der Waals surface area contributed by atoms with Crippen LogP contribution in [0.25, 0.3) is 0 Å². The smallest absolute Gasteiger partial charge is 0.337 e. The number of nitrogens with zero attached hydrogens (tertiary/aromatic N) is 1. The summed E-state index contributed by atoms with van der Waals surface area (Å²) in [6.45, 7) is 2.14. The summed E-state index contributed by atoms with van der Waals surface area (Å²) in [4.78, 5) is 15.1. The molecule has 0 aliphatic rings. The van der Waals surface area contributed by atoms with Crippen LogP contribution >= 0.6 is 11.6 Å². The van der Waals surface area contributed by atoms with Crippen molar-refractivity contribution in [3.63, 3.8) is 0 Å². The second-order valence-electron chi connectivity index (χ2n) is 4.43. The summed E-state index contributed by atoms with van der Waals surface area (Å²) in [6, 6.07) is 9.40. The molecule has 2 aromatic rings. The number of pyridine rings is 1. The van der Waals surface area contributed by atoms with Gasteiger partial charge in [0.15, 0.2) is 0 Å². The van der Waals surface area contributed by atoms with Gasteiger partial charge in [-0.1, -0.05) is 37.1 Å². The Morgan fingerprint density at radius 2 is 2.05 bits per heavy atom. The van der Waals surface area contributed by atoms with Gasteiger partial charge in [-0.05, 0) is 30.2 Å². The Labute approximate surface area is 122 Å². The van der Waals surface area contributed by atoms with Crippen molar-refractivity contribution in [3.05, 3.63) is 52.7 Å². The predicted octanol–water partition coefficient (Wildman–Crippen LogP) is 4.13. The van der Waals surface area contributed by atoms with Crippen LogP contribution in [0.2, 0.25) is 5.02 Å². The maximum Gasteiger partial charge on any atom is 0.337 e. The lowest BCUT2D eigenvalue weighted by molar-refractivity contribution is 0.0697. The summed E-state index contributed by atoms with van der Waals surface area (Å²) >= 11 is 5.78. The van der Waals surface area contributed by atoms with Crippen molar-refractivity contribution in [1.82, 2.24) is 4.98 Å². The van der Waals surface area contributed by atoms with E-state index >= 15 is 0 Å². The lowest BCUT2D eigenvalue weighted by Crippen LogP contribution is -2.01. The molecule has 4 nitrogen and oxygen atoms in total. The Kier molecular flexibility index (Phi) is 4.58. The van der Waals surface area contributed by atoms with Crippen molar-refractivity contribution in [2.24, 2.45) is 0 Å². The second kappa shape index (κ2) is 6.39. The number of hydrogen-bond donors (Lipinski definition) is 2. The van der Waals surface area contributed by atoms with E-state index in [2.05, 4.69) is 17.2 Å². The van der Waals surface area contributed by atoms with E-state index in [1.165, 1.54) is 17.8 Å². The highest BCUT2D eigenvalue weighted by Crippen LogP contribution is 2.21. The number of anilines is 2. The van der Waals surface area contributed by atoms with Crippen molar-refractivity contribution in [3.8, 4) is 0 Å². The standard InChI is InChI=1S/C15H15ClN2O2/c1-2-3-10-4-6-11(7-5-10)18-14-8-12(15(19)20)13(16)9-17-14/h4-9H,2-3H2,1H3,(H,17,18)(H,19,20). The van der Waals surface area contributed by atoms with E-state index in [9.17, 15) is 4.79 Å². The number of nitrogens with one attached hydrogen (secondary N) is 1. The molecule has 20 heavy (non-hydrogen) atoms. The van der Waals surface area contributed by atoms with Crippen LogP contribution in [0.5, 0.6) is 0 Å². The minimum absolute atomic E-state index is 0.0340. The number of benzene rings is 1. The number of carbonyl (C=O) groups is 1. The third-order valence-electron chi connectivity index (χ3n) is 2.85. The van der Waals surface area contributed by atoms with Gasteiger partial charge in [0.25, 0.3) is 0 Å². The van der Waals surface area contributed by atoms with E-state index in [4.69, 9.17) is 16.7 Å². The fourth-order valence-electron chi connectivity index (χ4n) is 1.86. The Morgan fingerprint density at radius 1 is 1.35 bits per heavy atom. The molecular weight excluding hydrogens is 276 g/mol. The molecule has 1 aromatic carbocycles. The molecule has 0 saturated heterocycles. The number of carboxylic acid groups (broad SMARTS) is 1. The molecule has 0 atom stereocenters. The van der Waals surface area contributed by atoms with E-state index in [-0.39, 0.29) is 10.6 Å². The molecule has 1 aromatic heterocycles. The van der Waals surface area contributed by atoms with Crippen molar-refractivity contribution in [2.75, 3.05) is 5.32 Å². The molecule has 2 rings (SSSR count). The largest absolute Gasteiger partial charge is 0.478 e. The molecule has 0 spiro atoms. The van der Waals surface area contributed by atoms with Crippen LogP contribution in [0.4, 0.5) is 11.5 Å². The van der Waals surface area contributed by atoms with Gasteiger partial charge < -0.3 is 10.4 Å². The third-order valence-corrected chi connectivity index (χ3v) is 3.15. The van der Waals surface area contributed by atoms with Gasteiger partial charge in [-0.15, -0.1) is 0 Å². The molecule has 0 saturated carbocycles. The minimum atomic E-state index is -1.07. The zero-order chi connectivity index (χ0) is 14.5. The quantitative estimate of drug-likeness (QED) is 0.869. The number of hydrogen-bond acceptors (Lipinski definition) is 3. The molecule has 0 aliphatic carbocycles. The summed E-state index contributed by atoms with van der Waals surface area (Å²) in [5.74, 6) is -0.617. The molecule has 1 heterocycles. The van der Waals surface area contributed by atoms with Crippen molar-refractivity contribution >= 4 is 29.1 Å². The molecular formula is C15H15ClN2O2. The Balaban J connectivity index is 2.17. The molecule has 0 amide bonds. The number of rotatable bonds is 5. The first-order valence-electron chi connectivity index (χ1n) is 6.35. The SMILES string of the molecule is CCCc1ccc(Nc2cc(C(=O)O)c(Cl)cn2)cc1. The molecule has 0 bridgehead atoms. The fourth-order valence-corrected chi connectivity index (χ4v) is 2.05. The van der Waals surface area contributed by atoms with Gasteiger partial charge in [-0.3, -0.25) is 0 Å². The first-order valence-corrected chi connectivity index (χ1v) is 6.72. The van der Waals surface area contributed by atoms with Crippen LogP contribution in [0.1, 0.15) is 29.3 Å². The van der Waals surface area contributed by atoms with Crippen molar-refractivity contribution in [1.29, 1.82) is 0 Å². The lowest BCUT2D eigenvalue weighted by Gasteiger charge is -2.08. The van der Waals surface area contributed by atoms with Crippen LogP contribution in [0, 0.1) is 0 Å². The molecule has 104 valence electrons. The van der Waals surface area contributed by atoms with E-state index < -0.39 is 5.97 Å². The van der Waals surface area contributed by atoms with Gasteiger partial charge in [-0.25, -0.2) is 9.78 Å². The molecule has 5 heteroatoms. The van der Waals surface area contributed by atoms with Crippen LogP contribution in [0.15, 0.2) is 36.5 Å². The molecule has 2 N–H and O–H groups in total. The maximum atomic E-state index is 11.0. The van der Waals surface area contributed by atoms with E-state index in [1.54, 1.807) is 0 Å². The zero-order valence-electron chi connectivity index (χ0n) is 11.1. The second-order valence-corrected chi connectivity index (χ2v) is 4.83. The first-order chi connectivity index (χ1) is 9.60. The maximum absolute atomic E-state index is 11.0. The lowest BCUT2D eigenvalue weighted by atomic mass is 10.1. The Bertz CT molecular complexity index is 612. The number of aromatic nitrogens is 1. The van der Waals surface area contributed by atoms with Crippen LogP contribution in [-0.2, 0) is 6.42 Å². The minimum Gasteiger partial charge on any atom is -0.478 e. The van der Waals surface area contributed by atoms with E-state index in [1.807, 2.05) is 24.3 Å². The van der Waals surface area contributed by atoms with Crippen LogP contribution < -0.4 is 5.32 Å². The highest BCUT2D eigenvalue weighted by Gasteiger charge is 2.10. The van der Waals surface area contributed by atoms with E-state index in [0.29, 0.717) is 5.82 Å². The van der Waals surface area contributed by atoms with Crippen molar-refractivity contribution < 1.29 is 9.90 Å². The monoisotopic (exact) mass is 290 g/mol. The summed E-state index contributed by atoms with van der Waals surface area (Å²) in [5.41, 5.74) is 2.16. The number of carboxylic acids is 1. The van der Waals surface area contributed by atoms with Gasteiger partial charge in [0.1, 0.15) is 5.82 Å². The molecule has 0 aliphatic heterocycles. The highest BCUT2D eigenvalue weighted by atomic mass is 35.5. The van der Waals surface area contributed by atoms with Crippen molar-refractivity contribution in [2.45, 2.75) is 19.8 Å². The Morgan fingerprint density at radius 3 is 2.65 bits per heavy atom. The van der Waals surface area contributed by atoms with Gasteiger partial charge in [0.05, 0.1) is 10.6 Å². The molecule has 0 fully saturated rings. The van der Waals surface area contributed by atoms with Gasteiger partial charge in [0, 0.05) is 11.9 Å². The number of halogens is 1. The normalized spacial score (nSPS) is 10.3. The predicted molar refractivity (Wildman–Crippen MR) is 79.9 cm³/mol.